The first-order valence-corrected chi connectivity index (χ1v) is 4.63. The van der Waals surface area contributed by atoms with Crippen LogP contribution in [0.2, 0.25) is 0 Å². The quantitative estimate of drug-likeness (QED) is 0.682. The Morgan fingerprint density at radius 2 is 2.29 bits per heavy atom. The molecule has 0 amide bonds. The van der Waals surface area contributed by atoms with Crippen LogP contribution >= 0.6 is 0 Å². The molecule has 3 heteroatoms. The van der Waals surface area contributed by atoms with Crippen LogP contribution in [0.1, 0.15) is 23.7 Å². The number of rotatable bonds is 1. The van der Waals surface area contributed by atoms with Gasteiger partial charge in [-0.15, -0.1) is 0 Å². The highest BCUT2D eigenvalue weighted by Gasteiger charge is 2.05. The summed E-state index contributed by atoms with van der Waals surface area (Å²) in [5.41, 5.74) is 3.50. The number of nitrogens with zero attached hydrogens (tertiary/aromatic N) is 3. The lowest BCUT2D eigenvalue weighted by atomic mass is 10.2. The molecule has 0 aromatic carbocycles. The average Bonchev–Trinajstić information content (AvgIpc) is 2.56. The first-order chi connectivity index (χ1) is 6.74. The molecule has 2 aromatic heterocycles. The third-order valence-electron chi connectivity index (χ3n) is 2.26. The van der Waals surface area contributed by atoms with Crippen LogP contribution in [-0.4, -0.2) is 9.38 Å². The van der Waals surface area contributed by atoms with E-state index in [0.29, 0.717) is 5.56 Å². The largest absolute Gasteiger partial charge is 0.305 e. The average molecular weight is 185 g/mol. The summed E-state index contributed by atoms with van der Waals surface area (Å²) in [4.78, 5) is 4.30. The summed E-state index contributed by atoms with van der Waals surface area (Å²) in [5, 5.41) is 8.96. The number of hydrogen-bond donors (Lipinski definition) is 0. The number of aromatic nitrogens is 2. The van der Waals surface area contributed by atoms with Gasteiger partial charge in [-0.2, -0.15) is 5.26 Å². The maximum absolute atomic E-state index is 8.96. The molecule has 0 radical (unpaired) electrons. The normalized spacial score (nSPS) is 10.4. The van der Waals surface area contributed by atoms with Gasteiger partial charge in [0.05, 0.1) is 11.3 Å². The zero-order chi connectivity index (χ0) is 10.1. The zero-order valence-corrected chi connectivity index (χ0v) is 8.28. The fourth-order valence-electron chi connectivity index (χ4n) is 1.56. The van der Waals surface area contributed by atoms with E-state index in [1.54, 1.807) is 0 Å². The van der Waals surface area contributed by atoms with Gasteiger partial charge in [0.2, 0.25) is 0 Å². The summed E-state index contributed by atoms with van der Waals surface area (Å²) in [6, 6.07) is 4.08. The molecule has 2 aromatic rings. The first-order valence-electron chi connectivity index (χ1n) is 4.63. The van der Waals surface area contributed by atoms with Crippen molar-refractivity contribution in [3.63, 3.8) is 0 Å². The number of nitriles is 1. The van der Waals surface area contributed by atoms with E-state index in [1.807, 2.05) is 29.8 Å². The van der Waals surface area contributed by atoms with Crippen LogP contribution in [-0.2, 0) is 6.42 Å². The fourth-order valence-corrected chi connectivity index (χ4v) is 1.56. The van der Waals surface area contributed by atoms with Crippen LogP contribution < -0.4 is 0 Å². The van der Waals surface area contributed by atoms with Gasteiger partial charge >= 0.3 is 0 Å². The molecule has 0 saturated carbocycles. The lowest BCUT2D eigenvalue weighted by Crippen LogP contribution is -1.92. The van der Waals surface area contributed by atoms with Crippen molar-refractivity contribution >= 4 is 5.65 Å². The topological polar surface area (TPSA) is 41.1 Å². The number of aryl methyl sites for hydroxylation is 2. The highest BCUT2D eigenvalue weighted by molar-refractivity contribution is 5.56. The molecular weight excluding hydrogens is 174 g/mol. The van der Waals surface area contributed by atoms with Crippen molar-refractivity contribution in [2.75, 3.05) is 0 Å². The van der Waals surface area contributed by atoms with Crippen molar-refractivity contribution in [2.24, 2.45) is 0 Å². The second-order valence-corrected chi connectivity index (χ2v) is 3.34. The molecule has 0 saturated heterocycles. The smallest absolute Gasteiger partial charge is 0.154 e. The Balaban J connectivity index is 2.80. The Morgan fingerprint density at radius 1 is 1.50 bits per heavy atom. The van der Waals surface area contributed by atoms with Crippen molar-refractivity contribution in [3.05, 3.63) is 35.3 Å². The fraction of sp³-hybridized carbons (Fsp3) is 0.273. The zero-order valence-electron chi connectivity index (χ0n) is 8.28. The standard InChI is InChI=1S/C11H11N3/c1-3-9-4-10(5-12)11-13-8(2)6-14(11)7-9/h4,6-7H,3H2,1-2H3. The lowest BCUT2D eigenvalue weighted by Gasteiger charge is -2.00. The van der Waals surface area contributed by atoms with Crippen molar-refractivity contribution < 1.29 is 0 Å². The molecule has 0 aliphatic carbocycles. The first kappa shape index (κ1) is 8.76. The molecule has 0 bridgehead atoms. The Hall–Kier alpha value is -1.82. The van der Waals surface area contributed by atoms with Gasteiger partial charge in [0, 0.05) is 12.4 Å². The van der Waals surface area contributed by atoms with Gasteiger partial charge in [-0.3, -0.25) is 0 Å². The summed E-state index contributed by atoms with van der Waals surface area (Å²) in [6.45, 7) is 4.01. The molecule has 0 unspecified atom stereocenters. The third-order valence-corrected chi connectivity index (χ3v) is 2.26. The minimum atomic E-state index is 0.650. The highest BCUT2D eigenvalue weighted by Crippen LogP contribution is 2.13. The van der Waals surface area contributed by atoms with Crippen LogP contribution in [0.4, 0.5) is 0 Å². The van der Waals surface area contributed by atoms with E-state index >= 15 is 0 Å². The van der Waals surface area contributed by atoms with Crippen LogP contribution in [0.25, 0.3) is 5.65 Å². The van der Waals surface area contributed by atoms with Crippen LogP contribution in [0.15, 0.2) is 18.5 Å². The number of pyridine rings is 1. The number of hydrogen-bond acceptors (Lipinski definition) is 2. The summed E-state index contributed by atoms with van der Waals surface area (Å²) in [7, 11) is 0. The minimum Gasteiger partial charge on any atom is -0.305 e. The SMILES string of the molecule is CCc1cc(C#N)c2nc(C)cn2c1. The number of imidazole rings is 1. The molecule has 2 rings (SSSR count). The summed E-state index contributed by atoms with van der Waals surface area (Å²) >= 11 is 0. The summed E-state index contributed by atoms with van der Waals surface area (Å²) < 4.78 is 1.92. The molecule has 0 spiro atoms. The molecule has 0 atom stereocenters. The van der Waals surface area contributed by atoms with Gasteiger partial charge < -0.3 is 4.40 Å². The molecular formula is C11H11N3. The van der Waals surface area contributed by atoms with E-state index in [-0.39, 0.29) is 0 Å². The third kappa shape index (κ3) is 1.25. The number of fused-ring (bicyclic) bond motifs is 1. The van der Waals surface area contributed by atoms with E-state index in [9.17, 15) is 0 Å². The predicted octanol–water partition coefficient (Wildman–Crippen LogP) is 2.08. The lowest BCUT2D eigenvalue weighted by molar-refractivity contribution is 1.06. The van der Waals surface area contributed by atoms with Gasteiger partial charge in [-0.25, -0.2) is 4.98 Å². The van der Waals surface area contributed by atoms with Gasteiger partial charge in [0.25, 0.3) is 0 Å². The highest BCUT2D eigenvalue weighted by atomic mass is 15.0. The molecule has 0 fully saturated rings. The van der Waals surface area contributed by atoms with Crippen LogP contribution in [0.5, 0.6) is 0 Å². The van der Waals surface area contributed by atoms with E-state index < -0.39 is 0 Å². The van der Waals surface area contributed by atoms with E-state index in [2.05, 4.69) is 18.0 Å². The summed E-state index contributed by atoms with van der Waals surface area (Å²) in [5.74, 6) is 0. The Bertz CT molecular complexity index is 517. The molecule has 2 heterocycles. The summed E-state index contributed by atoms with van der Waals surface area (Å²) in [6.07, 6.45) is 4.90. The Labute approximate surface area is 82.6 Å². The maximum atomic E-state index is 8.96. The minimum absolute atomic E-state index is 0.650. The molecule has 0 aliphatic heterocycles. The molecule has 70 valence electrons. The van der Waals surface area contributed by atoms with Crippen molar-refractivity contribution in [1.82, 2.24) is 9.38 Å². The van der Waals surface area contributed by atoms with Crippen LogP contribution in [0.3, 0.4) is 0 Å². The van der Waals surface area contributed by atoms with Crippen molar-refractivity contribution in [2.45, 2.75) is 20.3 Å². The van der Waals surface area contributed by atoms with Gasteiger partial charge in [0.15, 0.2) is 5.65 Å². The Morgan fingerprint density at radius 3 is 2.93 bits per heavy atom. The monoisotopic (exact) mass is 185 g/mol. The van der Waals surface area contributed by atoms with E-state index in [0.717, 1.165) is 23.3 Å². The molecule has 14 heavy (non-hydrogen) atoms. The van der Waals surface area contributed by atoms with Crippen molar-refractivity contribution in [1.29, 1.82) is 5.26 Å². The van der Waals surface area contributed by atoms with Gasteiger partial charge in [-0.05, 0) is 25.0 Å². The van der Waals surface area contributed by atoms with Crippen LogP contribution in [0, 0.1) is 18.3 Å². The second-order valence-electron chi connectivity index (χ2n) is 3.34. The van der Waals surface area contributed by atoms with E-state index in [4.69, 9.17) is 5.26 Å². The molecule has 0 aliphatic rings. The molecule has 3 nitrogen and oxygen atoms in total. The van der Waals surface area contributed by atoms with Gasteiger partial charge in [0.1, 0.15) is 6.07 Å². The van der Waals surface area contributed by atoms with Gasteiger partial charge in [-0.1, -0.05) is 6.92 Å². The molecule has 0 N–H and O–H groups in total. The predicted molar refractivity (Wildman–Crippen MR) is 54.0 cm³/mol. The Kier molecular flexibility index (Phi) is 1.97. The van der Waals surface area contributed by atoms with E-state index in [1.165, 1.54) is 0 Å². The van der Waals surface area contributed by atoms with Crippen molar-refractivity contribution in [3.8, 4) is 6.07 Å². The maximum Gasteiger partial charge on any atom is 0.154 e. The second kappa shape index (κ2) is 3.15.